The van der Waals surface area contributed by atoms with E-state index in [2.05, 4.69) is 30.8 Å². The fraction of sp³-hybridized carbons (Fsp3) is 0.273. The van der Waals surface area contributed by atoms with Crippen LogP contribution in [0.3, 0.4) is 0 Å². The molecule has 1 aliphatic rings. The Morgan fingerprint density at radius 3 is 2.49 bits per heavy atom. The normalized spacial score (nSPS) is 13.5. The Kier molecular flexibility index (Phi) is 7.34. The summed E-state index contributed by atoms with van der Waals surface area (Å²) in [6, 6.07) is 7.55. The van der Waals surface area contributed by atoms with Crippen LogP contribution in [0.5, 0.6) is 5.75 Å². The molecule has 2 aromatic carbocycles. The summed E-state index contributed by atoms with van der Waals surface area (Å²) in [5, 5.41) is 39.6. The molecule has 192 valence electrons. The van der Waals surface area contributed by atoms with Crippen LogP contribution in [-0.4, -0.2) is 62.4 Å². The molecular weight excluding hydrogens is 486 g/mol. The number of aryl methyl sites for hydroxylation is 2. The second-order valence-corrected chi connectivity index (χ2v) is 8.11. The van der Waals surface area contributed by atoms with Crippen molar-refractivity contribution in [3.8, 4) is 5.75 Å². The van der Waals surface area contributed by atoms with E-state index in [1.54, 1.807) is 0 Å². The predicted molar refractivity (Wildman–Crippen MR) is 135 cm³/mol. The molecular formula is C22H23N9O6. The van der Waals surface area contributed by atoms with Gasteiger partial charge in [0.2, 0.25) is 23.6 Å². The minimum absolute atomic E-state index is 0.0416. The van der Waals surface area contributed by atoms with Gasteiger partial charge >= 0.3 is 5.69 Å². The highest BCUT2D eigenvalue weighted by Gasteiger charge is 2.23. The lowest BCUT2D eigenvalue weighted by Crippen LogP contribution is -2.37. The van der Waals surface area contributed by atoms with E-state index in [9.17, 15) is 25.3 Å². The number of hydrogen-bond acceptors (Lipinski definition) is 13. The molecule has 3 aromatic rings. The Balaban J connectivity index is 1.65. The molecule has 1 aromatic heterocycles. The average Bonchev–Trinajstić information content (AvgIpc) is 2.87. The Labute approximate surface area is 210 Å². The summed E-state index contributed by atoms with van der Waals surface area (Å²) >= 11 is 0. The van der Waals surface area contributed by atoms with Crippen LogP contribution in [0.25, 0.3) is 0 Å². The quantitative estimate of drug-likeness (QED) is 0.228. The highest BCUT2D eigenvalue weighted by Crippen LogP contribution is 2.33. The number of nitro benzene ring substituents is 2. The van der Waals surface area contributed by atoms with E-state index in [-0.39, 0.29) is 17.5 Å². The van der Waals surface area contributed by atoms with Crippen molar-refractivity contribution in [2.24, 2.45) is 5.10 Å². The average molecular weight is 509 g/mol. The first-order valence-electron chi connectivity index (χ1n) is 11.1. The molecule has 0 spiro atoms. The van der Waals surface area contributed by atoms with Crippen LogP contribution in [0.15, 0.2) is 35.4 Å². The van der Waals surface area contributed by atoms with Crippen LogP contribution in [-0.2, 0) is 4.74 Å². The highest BCUT2D eigenvalue weighted by molar-refractivity contribution is 5.87. The van der Waals surface area contributed by atoms with Gasteiger partial charge in [0.05, 0.1) is 40.9 Å². The minimum atomic E-state index is -0.918. The van der Waals surface area contributed by atoms with Crippen molar-refractivity contribution < 1.29 is 19.7 Å². The molecule has 0 radical (unpaired) electrons. The van der Waals surface area contributed by atoms with Crippen LogP contribution in [0.1, 0.15) is 16.7 Å². The molecule has 0 amide bonds. The number of nitrogens with one attached hydrogen (secondary N) is 2. The summed E-state index contributed by atoms with van der Waals surface area (Å²) in [6.07, 6.45) is 1.01. The molecule has 0 aliphatic carbocycles. The van der Waals surface area contributed by atoms with Crippen molar-refractivity contribution in [2.75, 3.05) is 41.9 Å². The maximum absolute atomic E-state index is 11.2. The van der Waals surface area contributed by atoms with Crippen molar-refractivity contribution in [2.45, 2.75) is 13.8 Å². The molecule has 2 heterocycles. The summed E-state index contributed by atoms with van der Waals surface area (Å²) < 4.78 is 5.40. The van der Waals surface area contributed by atoms with E-state index in [1.807, 2.05) is 36.9 Å². The fourth-order valence-electron chi connectivity index (χ4n) is 3.49. The smallest absolute Gasteiger partial charge is 0.318 e. The Morgan fingerprint density at radius 1 is 1.05 bits per heavy atom. The van der Waals surface area contributed by atoms with E-state index in [1.165, 1.54) is 0 Å². The number of hydrogen-bond donors (Lipinski definition) is 3. The lowest BCUT2D eigenvalue weighted by molar-refractivity contribution is -0.394. The van der Waals surface area contributed by atoms with Gasteiger partial charge < -0.3 is 20.1 Å². The van der Waals surface area contributed by atoms with Gasteiger partial charge in [-0.3, -0.25) is 20.2 Å². The third-order valence-corrected chi connectivity index (χ3v) is 5.44. The van der Waals surface area contributed by atoms with Gasteiger partial charge in [-0.2, -0.15) is 20.1 Å². The number of hydrazone groups is 1. The largest absolute Gasteiger partial charge is 0.502 e. The second kappa shape index (κ2) is 10.8. The van der Waals surface area contributed by atoms with E-state index in [0.717, 1.165) is 29.1 Å². The predicted octanol–water partition coefficient (Wildman–Crippen LogP) is 3.04. The minimum Gasteiger partial charge on any atom is -0.502 e. The molecule has 1 aliphatic heterocycles. The highest BCUT2D eigenvalue weighted by atomic mass is 16.6. The third-order valence-electron chi connectivity index (χ3n) is 5.44. The molecule has 37 heavy (non-hydrogen) atoms. The van der Waals surface area contributed by atoms with Gasteiger partial charge in [-0.05, 0) is 31.0 Å². The molecule has 0 unspecified atom stereocenters. The summed E-state index contributed by atoms with van der Waals surface area (Å²) in [6.45, 7) is 6.07. The molecule has 4 rings (SSSR count). The van der Waals surface area contributed by atoms with Crippen LogP contribution in [0.2, 0.25) is 0 Å². The van der Waals surface area contributed by atoms with Crippen molar-refractivity contribution in [1.29, 1.82) is 0 Å². The Hall–Kier alpha value is -4.92. The molecule has 0 bridgehead atoms. The fourth-order valence-corrected chi connectivity index (χ4v) is 3.49. The first-order chi connectivity index (χ1) is 17.7. The summed E-state index contributed by atoms with van der Waals surface area (Å²) in [5.74, 6) is -0.0996. The van der Waals surface area contributed by atoms with Gasteiger partial charge in [-0.1, -0.05) is 12.1 Å². The second-order valence-electron chi connectivity index (χ2n) is 8.11. The molecule has 1 fully saturated rings. The number of phenols is 1. The SMILES string of the molecule is Cc1ccc(C)c(Nc2nc(N/N=C\c3cc([N+](=O)[O-])cc([N+](=O)[O-])c3O)nc(N3CCOCC3)n2)c1. The molecule has 15 heteroatoms. The van der Waals surface area contributed by atoms with E-state index < -0.39 is 27.0 Å². The zero-order chi connectivity index (χ0) is 26.5. The topological polar surface area (TPSA) is 194 Å². The molecule has 15 nitrogen and oxygen atoms in total. The standard InChI is InChI=1S/C22H23N9O6/c1-13-3-4-14(2)17(9-13)24-20-25-21(27-22(26-20)29-5-7-37-8-6-29)28-23-12-15-10-16(30(33)34)11-18(19(15)32)31(35)36/h3-4,9-12,32H,5-8H2,1-2H3,(H2,24,25,26,27,28)/b23-12-. The summed E-state index contributed by atoms with van der Waals surface area (Å²) in [7, 11) is 0. The van der Waals surface area contributed by atoms with Gasteiger partial charge in [0.1, 0.15) is 0 Å². The van der Waals surface area contributed by atoms with E-state index in [4.69, 9.17) is 4.74 Å². The maximum Gasteiger partial charge on any atom is 0.318 e. The van der Waals surface area contributed by atoms with Gasteiger partial charge in [0.25, 0.3) is 5.69 Å². The van der Waals surface area contributed by atoms with E-state index in [0.29, 0.717) is 38.3 Å². The number of aromatic nitrogens is 3. The number of ether oxygens (including phenoxy) is 1. The van der Waals surface area contributed by atoms with Gasteiger partial charge in [0, 0.05) is 24.8 Å². The van der Waals surface area contributed by atoms with Gasteiger partial charge in [-0.15, -0.1) is 0 Å². The third kappa shape index (κ3) is 6.02. The van der Waals surface area contributed by atoms with Crippen molar-refractivity contribution in [3.05, 3.63) is 67.3 Å². The number of non-ortho nitro benzene ring substituents is 1. The Bertz CT molecular complexity index is 1370. The van der Waals surface area contributed by atoms with Crippen molar-refractivity contribution >= 4 is 41.1 Å². The molecule has 1 saturated heterocycles. The maximum atomic E-state index is 11.2. The first kappa shape index (κ1) is 25.2. The van der Waals surface area contributed by atoms with Crippen LogP contribution < -0.4 is 15.6 Å². The Morgan fingerprint density at radius 2 is 1.78 bits per heavy atom. The van der Waals surface area contributed by atoms with Gasteiger partial charge in [-0.25, -0.2) is 5.43 Å². The monoisotopic (exact) mass is 509 g/mol. The molecule has 0 saturated carbocycles. The number of nitro groups is 2. The summed E-state index contributed by atoms with van der Waals surface area (Å²) in [4.78, 5) is 35.8. The number of anilines is 4. The molecule has 0 atom stereocenters. The molecule has 3 N–H and O–H groups in total. The number of rotatable bonds is 8. The summed E-state index contributed by atoms with van der Waals surface area (Å²) in [5.41, 5.74) is 3.83. The van der Waals surface area contributed by atoms with Gasteiger partial charge in [0.15, 0.2) is 0 Å². The first-order valence-corrected chi connectivity index (χ1v) is 11.1. The number of aromatic hydroxyl groups is 1. The zero-order valence-corrected chi connectivity index (χ0v) is 19.9. The van der Waals surface area contributed by atoms with E-state index >= 15 is 0 Å². The van der Waals surface area contributed by atoms with Crippen LogP contribution in [0.4, 0.5) is 34.9 Å². The lowest BCUT2D eigenvalue weighted by Gasteiger charge is -2.27. The number of benzene rings is 2. The lowest BCUT2D eigenvalue weighted by atomic mass is 10.1. The van der Waals surface area contributed by atoms with Crippen LogP contribution in [0, 0.1) is 34.1 Å². The number of morpholine rings is 1. The zero-order valence-electron chi connectivity index (χ0n) is 19.9. The van der Waals surface area contributed by atoms with Crippen LogP contribution >= 0.6 is 0 Å². The number of phenolic OH excluding ortho intramolecular Hbond substituents is 1. The number of nitrogens with zero attached hydrogens (tertiary/aromatic N) is 7. The van der Waals surface area contributed by atoms with Crippen molar-refractivity contribution in [1.82, 2.24) is 15.0 Å². The van der Waals surface area contributed by atoms with Crippen molar-refractivity contribution in [3.63, 3.8) is 0 Å².